The van der Waals surface area contributed by atoms with Crippen LogP contribution in [0.25, 0.3) is 0 Å². The van der Waals surface area contributed by atoms with Gasteiger partial charge >= 0.3 is 0 Å². The van der Waals surface area contributed by atoms with E-state index in [-0.39, 0.29) is 17.0 Å². The zero-order valence-electron chi connectivity index (χ0n) is 107. The van der Waals surface area contributed by atoms with E-state index < -0.39 is 0 Å². The van der Waals surface area contributed by atoms with Crippen molar-refractivity contribution in [3.63, 3.8) is 0 Å². The van der Waals surface area contributed by atoms with E-state index in [0.717, 1.165) is 136 Å². The molecule has 0 aliphatic carbocycles. The van der Waals surface area contributed by atoms with E-state index in [1.165, 1.54) is 233 Å². The number of carbonyl (C=O) groups is 3. The Kier molecular flexibility index (Phi) is 59.1. The predicted octanol–water partition coefficient (Wildman–Crippen LogP) is 29.6. The minimum atomic E-state index is 0.117. The number of piperazine rings is 3. The van der Waals surface area contributed by atoms with Gasteiger partial charge in [-0.15, -0.1) is 0 Å². The first-order valence-corrected chi connectivity index (χ1v) is 60.5. The minimum Gasteiger partial charge on any atom is -0.380 e. The molecule has 17 nitrogen and oxygen atoms in total. The molecular formula is C128H260N12O5. The number of hydrogen-bond donors (Lipinski definition) is 1. The summed E-state index contributed by atoms with van der Waals surface area (Å²) in [5, 5.41) is 3.37. The van der Waals surface area contributed by atoms with E-state index in [4.69, 9.17) is 9.47 Å². The number of nitrogens with zero attached hydrogens (tertiary/aromatic N) is 11. The first-order valence-electron chi connectivity index (χ1n) is 60.5. The lowest BCUT2D eigenvalue weighted by molar-refractivity contribution is -0.136. The van der Waals surface area contributed by atoms with Crippen LogP contribution in [0.1, 0.15) is 492 Å². The molecule has 0 aromatic rings. The summed E-state index contributed by atoms with van der Waals surface area (Å²) < 4.78 is 11.4. The third-order valence-corrected chi connectivity index (χ3v) is 35.9. The molecule has 8 aliphatic heterocycles. The molecule has 8 aliphatic rings. The number of rotatable bonds is 32. The van der Waals surface area contributed by atoms with Gasteiger partial charge in [-0.25, -0.2) is 0 Å². The van der Waals surface area contributed by atoms with Gasteiger partial charge in [0.05, 0.1) is 32.8 Å². The number of carbonyl (C=O) groups excluding carboxylic acids is 3. The maximum absolute atomic E-state index is 12.8. The number of likely N-dealkylation sites (tertiary alicyclic amines) is 5. The minimum absolute atomic E-state index is 0.117. The fourth-order valence-electron chi connectivity index (χ4n) is 21.4. The van der Waals surface area contributed by atoms with Crippen molar-refractivity contribution in [1.82, 2.24) is 59.2 Å². The Morgan fingerprint density at radius 2 is 0.524 bits per heavy atom. The summed E-state index contributed by atoms with van der Waals surface area (Å²) in [5.41, 5.74) is 7.37. The molecule has 8 heterocycles. The average molecular weight is 2050 g/mol. The molecule has 1 N–H and O–H groups in total. The summed E-state index contributed by atoms with van der Waals surface area (Å²) >= 11 is 0. The zero-order valence-corrected chi connectivity index (χ0v) is 107. The van der Waals surface area contributed by atoms with Gasteiger partial charge in [0.15, 0.2) is 0 Å². The molecule has 0 aromatic heterocycles. The van der Waals surface area contributed by atoms with Gasteiger partial charge in [0, 0.05) is 147 Å². The average Bonchev–Trinajstić information content (AvgIpc) is 0.796. The third-order valence-electron chi connectivity index (χ3n) is 35.9. The van der Waals surface area contributed by atoms with Crippen LogP contribution in [0.15, 0.2) is 0 Å². The molecule has 8 saturated heterocycles. The number of ether oxygens (including phenoxy) is 2. The van der Waals surface area contributed by atoms with Gasteiger partial charge in [-0.1, -0.05) is 275 Å². The second kappa shape index (κ2) is 61.6. The van der Waals surface area contributed by atoms with Crippen LogP contribution in [-0.2, 0) is 23.9 Å². The molecular weight excluding hydrogens is 1790 g/mol. The molecule has 0 aromatic carbocycles. The van der Waals surface area contributed by atoms with Crippen LogP contribution in [0.5, 0.6) is 0 Å². The number of nitrogens with one attached hydrogen (secondary N) is 1. The zero-order chi connectivity index (χ0) is 111. The van der Waals surface area contributed by atoms with Crippen molar-refractivity contribution < 1.29 is 23.9 Å². The van der Waals surface area contributed by atoms with Crippen molar-refractivity contribution in [2.24, 2.45) is 87.1 Å². The molecule has 0 radical (unpaired) electrons. The smallest absolute Gasteiger partial charge is 0.236 e. The highest BCUT2D eigenvalue weighted by molar-refractivity contribution is 5.78. The molecule has 0 atom stereocenters. The van der Waals surface area contributed by atoms with Crippen molar-refractivity contribution in [2.45, 2.75) is 508 Å². The van der Waals surface area contributed by atoms with Crippen molar-refractivity contribution in [1.29, 1.82) is 0 Å². The Morgan fingerprint density at radius 1 is 0.255 bits per heavy atom. The van der Waals surface area contributed by atoms with Gasteiger partial charge in [-0.2, -0.15) is 0 Å². The van der Waals surface area contributed by atoms with Crippen LogP contribution in [0.4, 0.5) is 0 Å². The Balaban J connectivity index is 0.000000574. The number of piperidine rings is 5. The predicted molar refractivity (Wildman–Crippen MR) is 635 cm³/mol. The molecule has 145 heavy (non-hydrogen) atoms. The summed E-state index contributed by atoms with van der Waals surface area (Å²) in [5.74, 6) is 1.71. The molecule has 862 valence electrons. The van der Waals surface area contributed by atoms with Crippen LogP contribution < -0.4 is 5.32 Å². The first-order chi connectivity index (χ1) is 65.9. The van der Waals surface area contributed by atoms with Gasteiger partial charge in [0.25, 0.3) is 0 Å². The van der Waals surface area contributed by atoms with Crippen molar-refractivity contribution >= 4 is 17.7 Å². The maximum atomic E-state index is 12.8. The second-order valence-electron chi connectivity index (χ2n) is 63.8. The Labute approximate surface area is 907 Å². The topological polar surface area (TPSA) is 117 Å². The van der Waals surface area contributed by atoms with Crippen LogP contribution in [0, 0.1) is 87.1 Å². The van der Waals surface area contributed by atoms with Crippen molar-refractivity contribution in [3.05, 3.63) is 0 Å². The van der Waals surface area contributed by atoms with E-state index >= 15 is 0 Å². The molecule has 3 amide bonds. The quantitative estimate of drug-likeness (QED) is 0.0644. The lowest BCUT2D eigenvalue weighted by Crippen LogP contribution is -2.54. The Morgan fingerprint density at radius 3 is 0.855 bits per heavy atom. The van der Waals surface area contributed by atoms with Crippen LogP contribution in [-0.4, -0.2) is 304 Å². The fraction of sp³-hybridized carbons (Fsp3) is 0.977. The standard InChI is InChI=1S/C23H45N3O.C19H39NO.C18H35NO.C18H37N.C17H35N3O2.C17H35N.C16H34N2/c1-21(2,3)9-8-12-24-15-17-25(18-16-24)19-20(27)26-13-10-23(7,11-14-26)22(4,5)6;1-17(2,3)9-8-15-21-16-14-20-12-10-19(7,11-13-20)18(4,5)6;1-17(2,3)12-8-7-9-16(20)19-13-10-15(11-14-19)18(4,5)6;1-16(2,3)10-8-9-13-19-14-11-18(7,12-15-19)17(4,5)6;1-16(2,3)18-8-14-22-13-7-15(21)19-9-11-20(12-10-19)17(4,5)6;1-15(2,3)9-8-12-18-13-10-17(7,11-14-18)16(4,5)6;1-15(2,3)9-7-8-10-17-11-13-18(14-12-17)16(4,5)6/h8-19H2,1-7H3;8-16H2,1-7H3;15H,7-14H2,1-6H3;8-15H2,1-7H3;18H,7-14H2,1-6H3;8-14H2,1-7H3;7-14H2,1-6H3. The van der Waals surface area contributed by atoms with Gasteiger partial charge in [-0.05, 0) is 356 Å². The molecule has 8 fully saturated rings. The summed E-state index contributed by atoms with van der Waals surface area (Å²) in [6.45, 7) is 142. The third kappa shape index (κ3) is 60.8. The fourth-order valence-corrected chi connectivity index (χ4v) is 21.4. The molecule has 0 spiro atoms. The molecule has 0 unspecified atom stereocenters. The lowest BCUT2D eigenvalue weighted by Gasteiger charge is -2.48. The highest BCUT2D eigenvalue weighted by Gasteiger charge is 2.45. The molecule has 17 heteroatoms. The lowest BCUT2D eigenvalue weighted by atomic mass is 9.63. The van der Waals surface area contributed by atoms with Gasteiger partial charge < -0.3 is 54.0 Å². The number of hydrogen-bond acceptors (Lipinski definition) is 14. The van der Waals surface area contributed by atoms with Gasteiger partial charge in [0.2, 0.25) is 17.7 Å². The first kappa shape index (κ1) is 139. The summed E-state index contributed by atoms with van der Waals surface area (Å²) in [6.07, 6.45) is 33.3. The van der Waals surface area contributed by atoms with Gasteiger partial charge in [0.1, 0.15) is 0 Å². The number of amides is 3. The van der Waals surface area contributed by atoms with E-state index in [1.807, 2.05) is 4.90 Å². The van der Waals surface area contributed by atoms with E-state index in [2.05, 4.69) is 373 Å². The molecule has 0 bridgehead atoms. The van der Waals surface area contributed by atoms with Crippen molar-refractivity contribution in [2.75, 3.05) is 216 Å². The van der Waals surface area contributed by atoms with Crippen LogP contribution in [0.3, 0.4) is 0 Å². The van der Waals surface area contributed by atoms with E-state index in [1.54, 1.807) is 0 Å². The van der Waals surface area contributed by atoms with E-state index in [0.29, 0.717) is 125 Å². The highest BCUT2D eigenvalue weighted by atomic mass is 16.5. The normalized spacial score (nSPS) is 20.6. The second-order valence-corrected chi connectivity index (χ2v) is 63.8. The van der Waals surface area contributed by atoms with Crippen LogP contribution >= 0.6 is 0 Å². The van der Waals surface area contributed by atoms with Gasteiger partial charge in [-0.3, -0.25) is 29.1 Å². The largest absolute Gasteiger partial charge is 0.380 e. The molecule has 8 rings (SSSR count). The summed E-state index contributed by atoms with van der Waals surface area (Å²) in [7, 11) is 0. The molecule has 0 saturated carbocycles. The van der Waals surface area contributed by atoms with E-state index in [9.17, 15) is 14.4 Å². The summed E-state index contributed by atoms with van der Waals surface area (Å²) in [6, 6.07) is 0. The SMILES string of the molecule is CC(C)(C)CCCCC(=O)N1CCC(C(C)(C)C)CC1.CC(C)(C)CCCCN1CCC(C)(C(C)(C)C)CC1.CC(C)(C)CCCCN1CCN(C(C)(C)C)CC1.CC(C)(C)CCCN1CCC(C)(C(C)(C)C)CC1.CC(C)(C)CCCN1CCN(CC(=O)N2CCC(C)(C(C)(C)C)CC2)CC1.CC(C)(C)CCCOCCN1CCC(C)(C(C)(C)C)CC1.CC(C)(C)NCCOCCC(=O)N1CCN(C(C)(C)C)CC1. The van der Waals surface area contributed by atoms with Crippen LogP contribution in [0.2, 0.25) is 0 Å². The Bertz CT molecular complexity index is 3390. The highest BCUT2D eigenvalue weighted by Crippen LogP contribution is 2.50. The summed E-state index contributed by atoms with van der Waals surface area (Å²) in [4.78, 5) is 63.9. The Hall–Kier alpha value is -2.03. The maximum Gasteiger partial charge on any atom is 0.236 e. The monoisotopic (exact) mass is 2050 g/mol. The van der Waals surface area contributed by atoms with Crippen molar-refractivity contribution in [3.8, 4) is 0 Å². The number of unbranched alkanes of at least 4 members (excludes halogenated alkanes) is 3.